The predicted molar refractivity (Wildman–Crippen MR) is 85.6 cm³/mol. The number of halogens is 4. The van der Waals surface area contributed by atoms with Crippen LogP contribution in [0.15, 0.2) is 39.3 Å². The topological polar surface area (TPSA) is 35.2 Å². The van der Waals surface area contributed by atoms with E-state index in [1.165, 1.54) is 12.1 Å². The van der Waals surface area contributed by atoms with Crippen LogP contribution in [-0.4, -0.2) is 6.04 Å². The Morgan fingerprint density at radius 2 is 1.76 bits per heavy atom. The van der Waals surface area contributed by atoms with Gasteiger partial charge in [-0.1, -0.05) is 15.9 Å². The lowest BCUT2D eigenvalue weighted by atomic mass is 10.1. The first-order valence-corrected chi connectivity index (χ1v) is 7.82. The molecular weight excluding hydrogens is 408 g/mol. The fourth-order valence-electron chi connectivity index (χ4n) is 1.87. The van der Waals surface area contributed by atoms with E-state index < -0.39 is 17.4 Å². The first kappa shape index (κ1) is 16.4. The van der Waals surface area contributed by atoms with Crippen LogP contribution >= 0.6 is 31.9 Å². The van der Waals surface area contributed by atoms with Gasteiger partial charge in [-0.15, -0.1) is 0 Å². The summed E-state index contributed by atoms with van der Waals surface area (Å²) in [7, 11) is 0. The molecule has 0 radical (unpaired) electrons. The molecule has 0 aromatic heterocycles. The van der Waals surface area contributed by atoms with Gasteiger partial charge in [0, 0.05) is 10.5 Å². The summed E-state index contributed by atoms with van der Waals surface area (Å²) in [4.78, 5) is 0. The van der Waals surface area contributed by atoms with E-state index in [0.29, 0.717) is 22.2 Å². The first-order chi connectivity index (χ1) is 9.86. The van der Waals surface area contributed by atoms with Crippen LogP contribution in [0.1, 0.15) is 12.5 Å². The molecule has 0 heterocycles. The highest BCUT2D eigenvalue weighted by Crippen LogP contribution is 2.34. The van der Waals surface area contributed by atoms with Crippen molar-refractivity contribution in [1.82, 2.24) is 0 Å². The quantitative estimate of drug-likeness (QED) is 0.740. The minimum atomic E-state index is -0.750. The second-order valence-corrected chi connectivity index (χ2v) is 6.52. The lowest BCUT2D eigenvalue weighted by Crippen LogP contribution is -2.18. The Balaban J connectivity index is 2.32. The van der Waals surface area contributed by atoms with Crippen LogP contribution in [0, 0.1) is 11.6 Å². The third-order valence-electron chi connectivity index (χ3n) is 2.72. The summed E-state index contributed by atoms with van der Waals surface area (Å²) in [5, 5.41) is 0. The predicted octanol–water partition coefficient (Wildman–Crippen LogP) is 5.17. The molecule has 0 bridgehead atoms. The van der Waals surface area contributed by atoms with Gasteiger partial charge in [0.25, 0.3) is 0 Å². The van der Waals surface area contributed by atoms with Crippen LogP contribution in [0.5, 0.6) is 11.5 Å². The minimum absolute atomic E-state index is 0.170. The zero-order valence-electron chi connectivity index (χ0n) is 11.2. The summed E-state index contributed by atoms with van der Waals surface area (Å²) in [6, 6.07) is 7.39. The van der Waals surface area contributed by atoms with Crippen LogP contribution in [0.3, 0.4) is 0 Å². The number of ether oxygens (including phenoxy) is 1. The Labute approximate surface area is 138 Å². The lowest BCUT2D eigenvalue weighted by Gasteiger charge is -2.12. The third-order valence-corrected chi connectivity index (χ3v) is 3.83. The van der Waals surface area contributed by atoms with Crippen molar-refractivity contribution in [2.75, 3.05) is 0 Å². The van der Waals surface area contributed by atoms with Crippen molar-refractivity contribution in [1.29, 1.82) is 0 Å². The molecule has 2 nitrogen and oxygen atoms in total. The maximum atomic E-state index is 14.0. The molecular formula is C15H13Br2F2NO. The Morgan fingerprint density at radius 3 is 2.29 bits per heavy atom. The van der Waals surface area contributed by atoms with Crippen LogP contribution in [0.4, 0.5) is 8.78 Å². The van der Waals surface area contributed by atoms with Gasteiger partial charge in [-0.3, -0.25) is 0 Å². The summed E-state index contributed by atoms with van der Waals surface area (Å²) < 4.78 is 34.8. The van der Waals surface area contributed by atoms with Crippen LogP contribution in [-0.2, 0) is 6.42 Å². The van der Waals surface area contributed by atoms with Crippen LogP contribution in [0.25, 0.3) is 0 Å². The molecule has 0 amide bonds. The summed E-state index contributed by atoms with van der Waals surface area (Å²) in [5.41, 5.74) is 6.14. The fourth-order valence-corrected chi connectivity index (χ4v) is 3.00. The molecule has 2 N–H and O–H groups in total. The molecule has 21 heavy (non-hydrogen) atoms. The molecule has 0 aliphatic carbocycles. The molecule has 2 rings (SSSR count). The Hall–Kier alpha value is -0.980. The van der Waals surface area contributed by atoms with Crippen LogP contribution < -0.4 is 10.5 Å². The Bertz CT molecular complexity index is 639. The molecule has 0 spiro atoms. The van der Waals surface area contributed by atoms with Crippen molar-refractivity contribution in [3.8, 4) is 11.5 Å². The first-order valence-electron chi connectivity index (χ1n) is 6.23. The van der Waals surface area contributed by atoms with Gasteiger partial charge in [-0.2, -0.15) is 0 Å². The largest absolute Gasteiger partial charge is 0.450 e. The van der Waals surface area contributed by atoms with Crippen molar-refractivity contribution in [2.45, 2.75) is 19.4 Å². The minimum Gasteiger partial charge on any atom is -0.450 e. The molecule has 2 aromatic carbocycles. The fraction of sp³-hybridized carbons (Fsp3) is 0.200. The van der Waals surface area contributed by atoms with Crippen LogP contribution in [0.2, 0.25) is 0 Å². The summed E-state index contributed by atoms with van der Waals surface area (Å²) in [6.45, 7) is 1.78. The van der Waals surface area contributed by atoms with E-state index >= 15 is 0 Å². The molecule has 0 aliphatic heterocycles. The second-order valence-electron chi connectivity index (χ2n) is 4.75. The van der Waals surface area contributed by atoms with Gasteiger partial charge in [-0.25, -0.2) is 8.78 Å². The van der Waals surface area contributed by atoms with Crippen molar-refractivity contribution >= 4 is 31.9 Å². The highest BCUT2D eigenvalue weighted by Gasteiger charge is 2.15. The maximum absolute atomic E-state index is 14.0. The number of nitrogens with two attached hydrogens (primary N) is 1. The molecule has 0 aliphatic rings. The molecule has 0 saturated carbocycles. The lowest BCUT2D eigenvalue weighted by molar-refractivity contribution is 0.404. The number of hydrogen-bond acceptors (Lipinski definition) is 2. The molecule has 1 unspecified atom stereocenters. The van der Waals surface area contributed by atoms with E-state index in [2.05, 4.69) is 31.9 Å². The number of hydrogen-bond donors (Lipinski definition) is 1. The normalized spacial score (nSPS) is 12.3. The maximum Gasteiger partial charge on any atom is 0.198 e. The van der Waals surface area contributed by atoms with E-state index in [0.717, 1.165) is 4.47 Å². The second kappa shape index (κ2) is 6.85. The summed E-state index contributed by atoms with van der Waals surface area (Å²) in [5.74, 6) is -1.59. The number of benzene rings is 2. The molecule has 2 aromatic rings. The SMILES string of the molecule is CC(N)Cc1cc(F)c(Oc2ccc(Br)cc2Br)c(F)c1. The van der Waals surface area contributed by atoms with Gasteiger partial charge in [0.15, 0.2) is 17.4 Å². The zero-order chi connectivity index (χ0) is 15.6. The average Bonchev–Trinajstić information content (AvgIpc) is 2.35. The third kappa shape index (κ3) is 4.25. The van der Waals surface area contributed by atoms with Gasteiger partial charge < -0.3 is 10.5 Å². The van der Waals surface area contributed by atoms with Gasteiger partial charge in [0.1, 0.15) is 5.75 Å². The molecule has 0 fully saturated rings. The van der Waals surface area contributed by atoms with E-state index in [-0.39, 0.29) is 6.04 Å². The Kier molecular flexibility index (Phi) is 5.35. The van der Waals surface area contributed by atoms with E-state index in [1.54, 1.807) is 25.1 Å². The monoisotopic (exact) mass is 419 g/mol. The Morgan fingerprint density at radius 1 is 1.14 bits per heavy atom. The molecule has 0 saturated heterocycles. The average molecular weight is 421 g/mol. The highest BCUT2D eigenvalue weighted by atomic mass is 79.9. The van der Waals surface area contributed by atoms with Gasteiger partial charge >= 0.3 is 0 Å². The molecule has 6 heteroatoms. The number of rotatable bonds is 4. The van der Waals surface area contributed by atoms with E-state index in [9.17, 15) is 8.78 Å². The highest BCUT2D eigenvalue weighted by molar-refractivity contribution is 9.11. The standard InChI is InChI=1S/C15H13Br2F2NO/c1-8(20)4-9-5-12(18)15(13(19)6-9)21-14-3-2-10(16)7-11(14)17/h2-3,5-8H,4,20H2,1H3. The molecule has 1 atom stereocenters. The summed E-state index contributed by atoms with van der Waals surface area (Å²) >= 11 is 6.58. The van der Waals surface area contributed by atoms with Crippen molar-refractivity contribution in [3.05, 3.63) is 56.5 Å². The van der Waals surface area contributed by atoms with Crippen molar-refractivity contribution < 1.29 is 13.5 Å². The van der Waals surface area contributed by atoms with Gasteiger partial charge in [-0.05, 0) is 65.2 Å². The van der Waals surface area contributed by atoms with E-state index in [4.69, 9.17) is 10.5 Å². The summed E-state index contributed by atoms with van der Waals surface area (Å²) in [6.07, 6.45) is 0.399. The van der Waals surface area contributed by atoms with E-state index in [1.807, 2.05) is 0 Å². The van der Waals surface area contributed by atoms with Gasteiger partial charge in [0.2, 0.25) is 0 Å². The molecule has 112 valence electrons. The zero-order valence-corrected chi connectivity index (χ0v) is 14.3. The smallest absolute Gasteiger partial charge is 0.198 e. The van der Waals surface area contributed by atoms with Crippen molar-refractivity contribution in [2.24, 2.45) is 5.73 Å². The van der Waals surface area contributed by atoms with Gasteiger partial charge in [0.05, 0.1) is 4.47 Å². The van der Waals surface area contributed by atoms with Crippen molar-refractivity contribution in [3.63, 3.8) is 0 Å².